The summed E-state index contributed by atoms with van der Waals surface area (Å²) in [7, 11) is -2.61. The summed E-state index contributed by atoms with van der Waals surface area (Å²) >= 11 is 0. The Labute approximate surface area is 65.7 Å². The maximum absolute atomic E-state index is 9.69. The van der Waals surface area contributed by atoms with E-state index in [1.807, 2.05) is 6.92 Å². The van der Waals surface area contributed by atoms with Crippen LogP contribution in [-0.4, -0.2) is 6.61 Å². The van der Waals surface area contributed by atoms with Crippen molar-refractivity contribution < 1.29 is 30.5 Å². The molecule has 0 bridgehead atoms. The third-order valence-corrected chi connectivity index (χ3v) is 1.09. The Kier molecular flexibility index (Phi) is 11.6. The fourth-order valence-electron chi connectivity index (χ4n) is 0.283. The number of rotatable bonds is 4. The van der Waals surface area contributed by atoms with Crippen molar-refractivity contribution in [3.63, 3.8) is 0 Å². The van der Waals surface area contributed by atoms with E-state index in [1.165, 1.54) is 0 Å². The molecule has 0 N–H and O–H groups in total. The summed E-state index contributed by atoms with van der Waals surface area (Å²) in [5.41, 5.74) is 0. The second kappa shape index (κ2) is 8.51. The second-order valence-electron chi connectivity index (χ2n) is 1.41. The number of unbranched alkanes of at least 4 members (excludes halogenated alkanes) is 1. The van der Waals surface area contributed by atoms with Gasteiger partial charge in [-0.2, -0.15) is 0 Å². The van der Waals surface area contributed by atoms with Gasteiger partial charge in [0.25, 0.3) is 0 Å². The van der Waals surface area contributed by atoms with Crippen molar-refractivity contribution in [2.24, 2.45) is 0 Å². The summed E-state index contributed by atoms with van der Waals surface area (Å²) in [5.74, 6) is 0. The van der Waals surface area contributed by atoms with Crippen molar-refractivity contribution in [1.29, 1.82) is 0 Å². The molecule has 56 valence electrons. The monoisotopic (exact) mass is 194 g/mol. The molecular weight excluding hydrogens is 186 g/mol. The molecule has 0 spiro atoms. The molecule has 0 aromatic rings. The van der Waals surface area contributed by atoms with Crippen LogP contribution in [0.5, 0.6) is 0 Å². The summed E-state index contributed by atoms with van der Waals surface area (Å²) in [4.78, 5) is 9.69. The van der Waals surface area contributed by atoms with E-state index in [4.69, 9.17) is 0 Å². The van der Waals surface area contributed by atoms with Gasteiger partial charge in [-0.15, -0.1) is 4.52 Å². The van der Waals surface area contributed by atoms with Crippen LogP contribution in [0.15, 0.2) is 0 Å². The van der Waals surface area contributed by atoms with Gasteiger partial charge in [0.05, 0.1) is 0 Å². The fourth-order valence-corrected chi connectivity index (χ4v) is 0.562. The minimum Gasteiger partial charge on any atom is -0.566 e. The molecule has 0 amide bonds. The minimum absolute atomic E-state index is 0. The molecule has 5 heteroatoms. The molecule has 3 nitrogen and oxygen atoms in total. The summed E-state index contributed by atoms with van der Waals surface area (Å²) in [6, 6.07) is 0. The van der Waals surface area contributed by atoms with Crippen LogP contribution in [0, 0.1) is 0 Å². The smallest absolute Gasteiger partial charge is 0.566 e. The molecule has 0 rings (SSSR count). The molecule has 0 aliphatic heterocycles. The van der Waals surface area contributed by atoms with Gasteiger partial charge in [-0.25, -0.2) is 0 Å². The van der Waals surface area contributed by atoms with Gasteiger partial charge in [-0.05, 0) is 11.0 Å². The molecule has 0 aromatic heterocycles. The van der Waals surface area contributed by atoms with Crippen LogP contribution in [0.1, 0.15) is 19.8 Å². The normalized spacial score (nSPS) is 10.2. The summed E-state index contributed by atoms with van der Waals surface area (Å²) in [6.07, 6.45) is 1.77. The maximum Gasteiger partial charge on any atom is 2.00 e. The predicted molar refractivity (Wildman–Crippen MR) is 28.5 cm³/mol. The summed E-state index contributed by atoms with van der Waals surface area (Å²) in [5, 5.41) is 0. The Bertz CT molecular complexity index is 78.2. The maximum atomic E-state index is 9.69. The van der Waals surface area contributed by atoms with E-state index in [1.54, 1.807) is 0 Å². The van der Waals surface area contributed by atoms with E-state index in [0.29, 0.717) is 6.61 Å². The van der Waals surface area contributed by atoms with Crippen molar-refractivity contribution in [3.8, 4) is 0 Å². The van der Waals surface area contributed by atoms with Gasteiger partial charge in [0.2, 0.25) is 0 Å². The molecule has 0 saturated heterocycles. The van der Waals surface area contributed by atoms with E-state index in [9.17, 15) is 9.46 Å². The fraction of sp³-hybridized carbons (Fsp3) is 1.00. The van der Waals surface area contributed by atoms with E-state index >= 15 is 0 Å². The van der Waals surface area contributed by atoms with E-state index in [0.717, 1.165) is 12.8 Å². The van der Waals surface area contributed by atoms with Crippen LogP contribution in [-0.2, 0) is 25.6 Å². The quantitative estimate of drug-likeness (QED) is 0.378. The van der Waals surface area contributed by atoms with Gasteiger partial charge < -0.3 is 4.89 Å². The Morgan fingerprint density at radius 2 is 2.22 bits per heavy atom. The molecule has 1 unspecified atom stereocenters. The average Bonchev–Trinajstić information content (AvgIpc) is 1.66. The second-order valence-corrected chi connectivity index (χ2v) is 2.12. The van der Waals surface area contributed by atoms with Crippen LogP contribution in [0.25, 0.3) is 0 Å². The summed E-state index contributed by atoms with van der Waals surface area (Å²) < 4.78 is 13.9. The first-order valence-electron chi connectivity index (χ1n) is 2.54. The molecule has 0 heterocycles. The number of hydrogen-bond acceptors (Lipinski definition) is 3. The summed E-state index contributed by atoms with van der Waals surface area (Å²) in [6.45, 7) is 2.30. The largest absolute Gasteiger partial charge is 2.00 e. The van der Waals surface area contributed by atoms with Gasteiger partial charge >= 0.3 is 24.7 Å². The van der Waals surface area contributed by atoms with Crippen LogP contribution in [0.3, 0.4) is 0 Å². The topological polar surface area (TPSA) is 49.4 Å². The molecule has 0 aliphatic rings. The zero-order valence-corrected chi connectivity index (χ0v) is 6.99. The van der Waals surface area contributed by atoms with Gasteiger partial charge in [0.15, 0.2) is 0 Å². The van der Waals surface area contributed by atoms with Crippen LogP contribution in [0.2, 0.25) is 0 Å². The molecule has 9 heavy (non-hydrogen) atoms. The Hall–Kier alpha value is 0.514. The van der Waals surface area contributed by atoms with Crippen molar-refractivity contribution >= 4 is 8.25 Å². The van der Waals surface area contributed by atoms with Crippen molar-refractivity contribution in [2.75, 3.05) is 6.61 Å². The van der Waals surface area contributed by atoms with Gasteiger partial charge in [0, 0.05) is 0 Å². The van der Waals surface area contributed by atoms with Gasteiger partial charge in [0.1, 0.15) is 6.61 Å². The minimum atomic E-state index is -2.61. The molecule has 0 aromatic carbocycles. The van der Waals surface area contributed by atoms with Crippen LogP contribution in [0.4, 0.5) is 0 Å². The van der Waals surface area contributed by atoms with Crippen molar-refractivity contribution in [2.45, 2.75) is 19.8 Å². The molecule has 0 radical (unpaired) electrons. The standard InChI is InChI=1S/C4H9O3P.Ni/c1-2-3-4-7-8(5)6;/h2-4H2,1H3;/q;+2. The average molecular weight is 195 g/mol. The first-order chi connectivity index (χ1) is 3.77. The first kappa shape index (κ1) is 12.2. The van der Waals surface area contributed by atoms with Crippen molar-refractivity contribution in [1.82, 2.24) is 0 Å². The Morgan fingerprint density at radius 3 is 2.56 bits per heavy atom. The first-order valence-corrected chi connectivity index (χ1v) is 3.64. The SMILES string of the molecule is CCCCO[P+](=O)[O-].[Ni+2]. The zero-order valence-electron chi connectivity index (χ0n) is 5.11. The predicted octanol–water partition coefficient (Wildman–Crippen LogP) is 0.818. The zero-order chi connectivity index (χ0) is 6.41. The third kappa shape index (κ3) is 11.9. The molecule has 0 aliphatic carbocycles. The van der Waals surface area contributed by atoms with E-state index in [-0.39, 0.29) is 16.5 Å². The van der Waals surface area contributed by atoms with Gasteiger partial charge in [-0.3, -0.25) is 0 Å². The third-order valence-electron chi connectivity index (χ3n) is 0.695. The Morgan fingerprint density at radius 1 is 1.67 bits per heavy atom. The van der Waals surface area contributed by atoms with Crippen LogP contribution >= 0.6 is 8.25 Å². The van der Waals surface area contributed by atoms with Gasteiger partial charge in [-0.1, -0.05) is 13.3 Å². The molecule has 0 saturated carbocycles. The molecule has 1 atom stereocenters. The Balaban J connectivity index is 0. The van der Waals surface area contributed by atoms with E-state index in [2.05, 4.69) is 4.52 Å². The van der Waals surface area contributed by atoms with Crippen LogP contribution < -0.4 is 4.89 Å². The molecule has 0 fully saturated rings. The van der Waals surface area contributed by atoms with E-state index < -0.39 is 8.25 Å². The number of hydrogen-bond donors (Lipinski definition) is 0. The van der Waals surface area contributed by atoms with Crippen molar-refractivity contribution in [3.05, 3.63) is 0 Å². The molecular formula is C4H9NiO3P+2.